The number of phenols is 1. The molecule has 1 aromatic rings. The molecule has 0 spiro atoms. The summed E-state index contributed by atoms with van der Waals surface area (Å²) in [5.74, 6) is -0.383. The molecule has 5 heteroatoms. The van der Waals surface area contributed by atoms with Crippen LogP contribution in [-0.2, 0) is 0 Å². The molecule has 0 heterocycles. The van der Waals surface area contributed by atoms with Crippen LogP contribution >= 0.6 is 11.6 Å². The van der Waals surface area contributed by atoms with Crippen LogP contribution in [0, 0.1) is 0 Å². The van der Waals surface area contributed by atoms with Crippen molar-refractivity contribution < 1.29 is 15.0 Å². The molecule has 0 aromatic heterocycles. The summed E-state index contributed by atoms with van der Waals surface area (Å²) in [5.41, 5.74) is -0.585. The lowest BCUT2D eigenvalue weighted by Crippen LogP contribution is -2.44. The molecule has 0 atom stereocenters. The van der Waals surface area contributed by atoms with Crippen molar-refractivity contribution in [3.63, 3.8) is 0 Å². The third kappa shape index (κ3) is 3.61. The SMILES string of the molecule is O=C(NCC1(O)CCCCC1)c1cc(O)ccc1Cl. The van der Waals surface area contributed by atoms with Crippen LogP contribution in [0.25, 0.3) is 0 Å². The van der Waals surface area contributed by atoms with Gasteiger partial charge in [-0.25, -0.2) is 0 Å². The van der Waals surface area contributed by atoms with Gasteiger partial charge in [-0.05, 0) is 31.0 Å². The molecule has 1 aromatic carbocycles. The smallest absolute Gasteiger partial charge is 0.253 e. The van der Waals surface area contributed by atoms with Gasteiger partial charge in [0.05, 0.1) is 16.2 Å². The topological polar surface area (TPSA) is 69.6 Å². The van der Waals surface area contributed by atoms with Gasteiger partial charge in [0, 0.05) is 6.54 Å². The Hall–Kier alpha value is -1.26. The summed E-state index contributed by atoms with van der Waals surface area (Å²) in [6, 6.07) is 4.22. The molecule has 2 rings (SSSR count). The molecule has 0 radical (unpaired) electrons. The summed E-state index contributed by atoms with van der Waals surface area (Å²) in [6.07, 6.45) is 4.52. The molecule has 0 bridgehead atoms. The Morgan fingerprint density at radius 3 is 2.68 bits per heavy atom. The van der Waals surface area contributed by atoms with Crippen molar-refractivity contribution in [2.24, 2.45) is 0 Å². The maximum absolute atomic E-state index is 12.0. The number of aromatic hydroxyl groups is 1. The number of rotatable bonds is 3. The molecular weight excluding hydrogens is 266 g/mol. The molecule has 0 saturated heterocycles. The highest BCUT2D eigenvalue weighted by atomic mass is 35.5. The minimum Gasteiger partial charge on any atom is -0.508 e. The highest BCUT2D eigenvalue weighted by Crippen LogP contribution is 2.27. The molecule has 1 aliphatic carbocycles. The van der Waals surface area contributed by atoms with Gasteiger partial charge in [0.15, 0.2) is 0 Å². The van der Waals surface area contributed by atoms with Crippen LogP contribution in [0.4, 0.5) is 0 Å². The summed E-state index contributed by atoms with van der Waals surface area (Å²) in [5, 5.41) is 22.6. The highest BCUT2D eigenvalue weighted by molar-refractivity contribution is 6.33. The third-order valence-electron chi connectivity index (χ3n) is 3.56. The number of aliphatic hydroxyl groups is 1. The molecule has 0 aliphatic heterocycles. The predicted octanol–water partition coefficient (Wildman–Crippen LogP) is 2.47. The summed E-state index contributed by atoms with van der Waals surface area (Å²) in [6.45, 7) is 0.220. The number of carbonyl (C=O) groups excluding carboxylic acids is 1. The van der Waals surface area contributed by atoms with Crippen LogP contribution in [0.5, 0.6) is 5.75 Å². The van der Waals surface area contributed by atoms with Gasteiger partial charge in [-0.2, -0.15) is 0 Å². The van der Waals surface area contributed by atoms with Crippen LogP contribution in [0.2, 0.25) is 5.02 Å². The molecule has 1 aliphatic rings. The minimum absolute atomic E-state index is 0.00840. The highest BCUT2D eigenvalue weighted by Gasteiger charge is 2.29. The molecule has 1 fully saturated rings. The van der Waals surface area contributed by atoms with Gasteiger partial charge >= 0.3 is 0 Å². The van der Waals surface area contributed by atoms with Gasteiger partial charge in [-0.1, -0.05) is 30.9 Å². The Kier molecular flexibility index (Phi) is 4.32. The number of phenolic OH excluding ortho intramolecular Hbond substituents is 1. The van der Waals surface area contributed by atoms with Gasteiger partial charge in [-0.15, -0.1) is 0 Å². The first-order valence-electron chi connectivity index (χ1n) is 6.49. The van der Waals surface area contributed by atoms with E-state index in [1.54, 1.807) is 0 Å². The number of halogens is 1. The Bertz CT molecular complexity index is 470. The van der Waals surface area contributed by atoms with Gasteiger partial charge in [-0.3, -0.25) is 4.79 Å². The molecule has 104 valence electrons. The normalized spacial score (nSPS) is 18.0. The van der Waals surface area contributed by atoms with E-state index in [-0.39, 0.29) is 28.8 Å². The average molecular weight is 284 g/mol. The van der Waals surface area contributed by atoms with Crippen LogP contribution in [0.3, 0.4) is 0 Å². The maximum Gasteiger partial charge on any atom is 0.253 e. The molecule has 3 N–H and O–H groups in total. The van der Waals surface area contributed by atoms with E-state index >= 15 is 0 Å². The average Bonchev–Trinajstić information content (AvgIpc) is 2.40. The monoisotopic (exact) mass is 283 g/mol. The predicted molar refractivity (Wildman–Crippen MR) is 73.5 cm³/mol. The van der Waals surface area contributed by atoms with Crippen molar-refractivity contribution in [3.05, 3.63) is 28.8 Å². The van der Waals surface area contributed by atoms with Crippen LogP contribution in [-0.4, -0.2) is 28.3 Å². The molecule has 1 saturated carbocycles. The van der Waals surface area contributed by atoms with Crippen molar-refractivity contribution in [2.45, 2.75) is 37.7 Å². The van der Waals surface area contributed by atoms with E-state index in [4.69, 9.17) is 11.6 Å². The van der Waals surface area contributed by atoms with Crippen molar-refractivity contribution in [1.82, 2.24) is 5.32 Å². The zero-order valence-electron chi connectivity index (χ0n) is 10.7. The number of carbonyl (C=O) groups is 1. The number of nitrogens with one attached hydrogen (secondary N) is 1. The van der Waals surface area contributed by atoms with Crippen molar-refractivity contribution in [3.8, 4) is 5.75 Å². The fourth-order valence-electron chi connectivity index (χ4n) is 2.41. The number of benzene rings is 1. The minimum atomic E-state index is -0.808. The van der Waals surface area contributed by atoms with Gasteiger partial charge in [0.25, 0.3) is 5.91 Å². The van der Waals surface area contributed by atoms with Gasteiger partial charge < -0.3 is 15.5 Å². The Morgan fingerprint density at radius 1 is 1.32 bits per heavy atom. The van der Waals surface area contributed by atoms with Gasteiger partial charge in [0.2, 0.25) is 0 Å². The second-order valence-electron chi connectivity index (χ2n) is 5.13. The molecule has 1 amide bonds. The first-order valence-corrected chi connectivity index (χ1v) is 6.87. The van der Waals surface area contributed by atoms with E-state index in [0.717, 1.165) is 19.3 Å². The zero-order chi connectivity index (χ0) is 13.9. The van der Waals surface area contributed by atoms with Crippen molar-refractivity contribution >= 4 is 17.5 Å². The Morgan fingerprint density at radius 2 is 2.00 bits per heavy atom. The Labute approximate surface area is 117 Å². The first kappa shape index (κ1) is 14.2. The van der Waals surface area contributed by atoms with Crippen LogP contribution in [0.15, 0.2) is 18.2 Å². The zero-order valence-corrected chi connectivity index (χ0v) is 11.4. The number of hydrogen-bond acceptors (Lipinski definition) is 3. The fraction of sp³-hybridized carbons (Fsp3) is 0.500. The first-order chi connectivity index (χ1) is 9.00. The van der Waals surface area contributed by atoms with Crippen molar-refractivity contribution in [2.75, 3.05) is 6.54 Å². The molecule has 4 nitrogen and oxygen atoms in total. The fourth-order valence-corrected chi connectivity index (χ4v) is 2.62. The quantitative estimate of drug-likeness (QED) is 0.798. The molecule has 19 heavy (non-hydrogen) atoms. The largest absolute Gasteiger partial charge is 0.508 e. The van der Waals surface area contributed by atoms with Crippen LogP contribution in [0.1, 0.15) is 42.5 Å². The second-order valence-corrected chi connectivity index (χ2v) is 5.54. The summed E-state index contributed by atoms with van der Waals surface area (Å²) >= 11 is 5.91. The lowest BCUT2D eigenvalue weighted by atomic mass is 9.85. The maximum atomic E-state index is 12.0. The van der Waals surface area contributed by atoms with E-state index < -0.39 is 5.60 Å². The summed E-state index contributed by atoms with van der Waals surface area (Å²) in [7, 11) is 0. The van der Waals surface area contributed by atoms with E-state index in [1.807, 2.05) is 0 Å². The standard InChI is InChI=1S/C14H18ClNO3/c15-12-5-4-10(17)8-11(12)13(18)16-9-14(19)6-2-1-3-7-14/h4-5,8,17,19H,1-3,6-7,9H2,(H,16,18). The number of hydrogen-bond donors (Lipinski definition) is 3. The lowest BCUT2D eigenvalue weighted by molar-refractivity contribution is 0.00526. The van der Waals surface area contributed by atoms with E-state index in [2.05, 4.69) is 5.32 Å². The summed E-state index contributed by atoms with van der Waals surface area (Å²) in [4.78, 5) is 12.0. The lowest BCUT2D eigenvalue weighted by Gasteiger charge is -2.32. The number of amides is 1. The third-order valence-corrected chi connectivity index (χ3v) is 3.89. The molecule has 0 unspecified atom stereocenters. The van der Waals surface area contributed by atoms with Crippen molar-refractivity contribution in [1.29, 1.82) is 0 Å². The summed E-state index contributed by atoms with van der Waals surface area (Å²) < 4.78 is 0. The molecular formula is C14H18ClNO3. The van der Waals surface area contributed by atoms with E-state index in [0.29, 0.717) is 12.8 Å². The van der Waals surface area contributed by atoms with E-state index in [9.17, 15) is 15.0 Å². The second kappa shape index (κ2) is 5.80. The van der Waals surface area contributed by atoms with Gasteiger partial charge in [0.1, 0.15) is 5.75 Å². The Balaban J connectivity index is 1.99. The van der Waals surface area contributed by atoms with Crippen LogP contribution < -0.4 is 5.32 Å². The van der Waals surface area contributed by atoms with E-state index in [1.165, 1.54) is 18.2 Å².